The van der Waals surface area contributed by atoms with Gasteiger partial charge >= 0.3 is 0 Å². The fraction of sp³-hybridized carbons (Fsp3) is 0.556. The number of fused-ring (bicyclic) bond motifs is 1. The van der Waals surface area contributed by atoms with Crippen LogP contribution in [0.5, 0.6) is 0 Å². The number of hydrogen-bond acceptors (Lipinski definition) is 5. The summed E-state index contributed by atoms with van der Waals surface area (Å²) in [5.74, 6) is 1.34. The Morgan fingerprint density at radius 3 is 2.80 bits per heavy atom. The lowest BCUT2D eigenvalue weighted by Crippen LogP contribution is -2.50. The van der Waals surface area contributed by atoms with Crippen molar-refractivity contribution in [1.82, 2.24) is 25.1 Å². The number of rotatable bonds is 4. The topological polar surface area (TPSA) is 63.9 Å². The second kappa shape index (κ2) is 7.56. The van der Waals surface area contributed by atoms with E-state index in [0.717, 1.165) is 18.7 Å². The number of tetrazole rings is 1. The number of piperidine rings is 1. The summed E-state index contributed by atoms with van der Waals surface area (Å²) in [6.45, 7) is 0.907. The van der Waals surface area contributed by atoms with Gasteiger partial charge in [-0.05, 0) is 54.2 Å². The van der Waals surface area contributed by atoms with Gasteiger partial charge in [0.2, 0.25) is 11.1 Å². The smallest absolute Gasteiger partial charge is 0.233 e. The van der Waals surface area contributed by atoms with Gasteiger partial charge < -0.3 is 4.90 Å². The van der Waals surface area contributed by atoms with Crippen molar-refractivity contribution in [3.8, 4) is 5.69 Å². The fourth-order valence-corrected chi connectivity index (χ4v) is 4.92. The van der Waals surface area contributed by atoms with Crippen molar-refractivity contribution in [3.05, 3.63) is 30.3 Å². The minimum absolute atomic E-state index is 0.226. The van der Waals surface area contributed by atoms with E-state index >= 15 is 0 Å². The maximum atomic E-state index is 12.8. The average Bonchev–Trinajstić information content (AvgIpc) is 3.15. The molecule has 1 saturated heterocycles. The van der Waals surface area contributed by atoms with Crippen molar-refractivity contribution in [2.24, 2.45) is 5.92 Å². The molecule has 2 aliphatic rings. The van der Waals surface area contributed by atoms with Crippen LogP contribution in [0.1, 0.15) is 38.5 Å². The van der Waals surface area contributed by atoms with E-state index in [0.29, 0.717) is 22.9 Å². The molecule has 1 aromatic carbocycles. The van der Waals surface area contributed by atoms with Crippen LogP contribution in [0.4, 0.5) is 0 Å². The van der Waals surface area contributed by atoms with Crippen molar-refractivity contribution in [1.29, 1.82) is 0 Å². The lowest BCUT2D eigenvalue weighted by atomic mass is 9.78. The summed E-state index contributed by atoms with van der Waals surface area (Å²) < 4.78 is 1.69. The Labute approximate surface area is 152 Å². The van der Waals surface area contributed by atoms with E-state index in [1.54, 1.807) is 4.68 Å². The van der Waals surface area contributed by atoms with Gasteiger partial charge in [-0.1, -0.05) is 42.8 Å². The quantitative estimate of drug-likeness (QED) is 0.787. The van der Waals surface area contributed by atoms with Gasteiger partial charge in [0.05, 0.1) is 11.4 Å². The Balaban J connectivity index is 1.42. The Morgan fingerprint density at radius 1 is 1.12 bits per heavy atom. The summed E-state index contributed by atoms with van der Waals surface area (Å²) in [6.07, 6.45) is 7.46. The monoisotopic (exact) mass is 357 g/mol. The van der Waals surface area contributed by atoms with Crippen LogP contribution >= 0.6 is 11.8 Å². The molecule has 25 heavy (non-hydrogen) atoms. The van der Waals surface area contributed by atoms with Gasteiger partial charge in [0.25, 0.3) is 0 Å². The lowest BCUT2D eigenvalue weighted by molar-refractivity contribution is -0.134. The molecule has 0 spiro atoms. The molecule has 1 amide bonds. The molecule has 2 aromatic rings. The number of nitrogens with zero attached hydrogens (tertiary/aromatic N) is 5. The summed E-state index contributed by atoms with van der Waals surface area (Å²) in [7, 11) is 0. The number of carbonyl (C=O) groups excluding carboxylic acids is 1. The molecule has 6 nitrogen and oxygen atoms in total. The third-order valence-electron chi connectivity index (χ3n) is 5.33. The Kier molecular flexibility index (Phi) is 5.01. The first-order valence-electron chi connectivity index (χ1n) is 9.09. The van der Waals surface area contributed by atoms with Gasteiger partial charge in [-0.25, -0.2) is 0 Å². The Hall–Kier alpha value is -1.89. The molecule has 4 rings (SSSR count). The number of aromatic nitrogens is 4. The highest BCUT2D eigenvalue weighted by Crippen LogP contribution is 2.35. The lowest BCUT2D eigenvalue weighted by Gasteiger charge is -2.44. The molecule has 1 aliphatic carbocycles. The van der Waals surface area contributed by atoms with Crippen LogP contribution in [0.25, 0.3) is 5.69 Å². The van der Waals surface area contributed by atoms with E-state index < -0.39 is 0 Å². The second-order valence-electron chi connectivity index (χ2n) is 6.84. The molecule has 7 heteroatoms. The molecule has 2 heterocycles. The molecular formula is C18H23N5OS. The largest absolute Gasteiger partial charge is 0.339 e. The van der Waals surface area contributed by atoms with E-state index in [1.807, 2.05) is 30.3 Å². The number of likely N-dealkylation sites (tertiary alicyclic amines) is 1. The normalized spacial score (nSPS) is 23.3. The van der Waals surface area contributed by atoms with Gasteiger partial charge in [0, 0.05) is 12.6 Å². The van der Waals surface area contributed by atoms with Crippen LogP contribution in [-0.2, 0) is 4.79 Å². The molecule has 0 bridgehead atoms. The molecule has 2 fully saturated rings. The van der Waals surface area contributed by atoms with Gasteiger partial charge in [-0.2, -0.15) is 4.68 Å². The number of para-hydroxylation sites is 1. The minimum Gasteiger partial charge on any atom is -0.339 e. The maximum Gasteiger partial charge on any atom is 0.233 e. The molecule has 1 aliphatic heterocycles. The third kappa shape index (κ3) is 3.56. The van der Waals surface area contributed by atoms with E-state index in [-0.39, 0.29) is 5.91 Å². The molecule has 0 radical (unpaired) electrons. The number of amides is 1. The number of benzene rings is 1. The van der Waals surface area contributed by atoms with E-state index in [9.17, 15) is 4.79 Å². The van der Waals surface area contributed by atoms with Crippen molar-refractivity contribution >= 4 is 17.7 Å². The molecule has 132 valence electrons. The zero-order chi connectivity index (χ0) is 17.1. The summed E-state index contributed by atoms with van der Waals surface area (Å²) in [4.78, 5) is 15.0. The van der Waals surface area contributed by atoms with Crippen LogP contribution in [0.15, 0.2) is 35.5 Å². The van der Waals surface area contributed by atoms with Crippen molar-refractivity contribution in [2.45, 2.75) is 49.7 Å². The first-order chi connectivity index (χ1) is 12.3. The number of hydrogen-bond donors (Lipinski definition) is 0. The van der Waals surface area contributed by atoms with Gasteiger partial charge in [0.15, 0.2) is 0 Å². The number of thioether (sulfide) groups is 1. The van der Waals surface area contributed by atoms with E-state index in [2.05, 4.69) is 20.4 Å². The summed E-state index contributed by atoms with van der Waals surface area (Å²) in [5, 5.41) is 12.6. The molecule has 1 saturated carbocycles. The van der Waals surface area contributed by atoms with Crippen LogP contribution in [0.2, 0.25) is 0 Å². The second-order valence-corrected chi connectivity index (χ2v) is 7.78. The zero-order valence-corrected chi connectivity index (χ0v) is 15.1. The first kappa shape index (κ1) is 16.6. The zero-order valence-electron chi connectivity index (χ0n) is 14.3. The standard InChI is InChI=1S/C18H23N5OS/c24-17(22-12-6-8-14-7-4-5-11-16(14)22)13-25-18-19-20-21-23(18)15-9-2-1-3-10-15/h1-3,9-10,14,16H,4-8,11-13H2. The van der Waals surface area contributed by atoms with Gasteiger partial charge in [-0.15, -0.1) is 5.10 Å². The highest BCUT2D eigenvalue weighted by atomic mass is 32.2. The van der Waals surface area contributed by atoms with E-state index in [4.69, 9.17) is 0 Å². The Bertz CT molecular complexity index is 717. The fourth-order valence-electron chi connectivity index (χ4n) is 4.14. The van der Waals surface area contributed by atoms with Crippen LogP contribution in [-0.4, -0.2) is 49.4 Å². The molecule has 2 unspecified atom stereocenters. The molecular weight excluding hydrogens is 334 g/mol. The predicted molar refractivity (Wildman–Crippen MR) is 96.6 cm³/mol. The van der Waals surface area contributed by atoms with Crippen LogP contribution in [0, 0.1) is 5.92 Å². The highest BCUT2D eigenvalue weighted by Gasteiger charge is 2.35. The molecule has 1 aromatic heterocycles. The van der Waals surface area contributed by atoms with Crippen molar-refractivity contribution in [3.63, 3.8) is 0 Å². The van der Waals surface area contributed by atoms with Crippen molar-refractivity contribution in [2.75, 3.05) is 12.3 Å². The Morgan fingerprint density at radius 2 is 1.92 bits per heavy atom. The maximum absolute atomic E-state index is 12.8. The third-order valence-corrected chi connectivity index (χ3v) is 6.23. The van der Waals surface area contributed by atoms with Gasteiger partial charge in [-0.3, -0.25) is 4.79 Å². The predicted octanol–water partition coefficient (Wildman–Crippen LogP) is 2.94. The van der Waals surface area contributed by atoms with Crippen molar-refractivity contribution < 1.29 is 4.79 Å². The summed E-state index contributed by atoms with van der Waals surface area (Å²) in [6, 6.07) is 10.2. The number of carbonyl (C=O) groups is 1. The SMILES string of the molecule is O=C(CSc1nnnn1-c1ccccc1)N1CCCC2CCCCC21. The van der Waals surface area contributed by atoms with E-state index in [1.165, 1.54) is 43.9 Å². The highest BCUT2D eigenvalue weighted by molar-refractivity contribution is 7.99. The van der Waals surface area contributed by atoms with Crippen LogP contribution < -0.4 is 0 Å². The van der Waals surface area contributed by atoms with Gasteiger partial charge in [0.1, 0.15) is 0 Å². The minimum atomic E-state index is 0.226. The summed E-state index contributed by atoms with van der Waals surface area (Å²) in [5.41, 5.74) is 0.910. The van der Waals surface area contributed by atoms with Crippen LogP contribution in [0.3, 0.4) is 0 Å². The first-order valence-corrected chi connectivity index (χ1v) is 10.1. The summed E-state index contributed by atoms with van der Waals surface area (Å²) >= 11 is 1.43. The molecule has 0 N–H and O–H groups in total. The molecule has 2 atom stereocenters. The average molecular weight is 357 g/mol.